The minimum absolute atomic E-state index is 0.0990. The summed E-state index contributed by atoms with van der Waals surface area (Å²) in [7, 11) is 0. The van der Waals surface area contributed by atoms with Crippen LogP contribution < -0.4 is 0 Å². The predicted molar refractivity (Wildman–Crippen MR) is 79.7 cm³/mol. The Hall–Kier alpha value is -1.51. The molecule has 1 unspecified atom stereocenters. The van der Waals surface area contributed by atoms with Crippen LogP contribution in [0.15, 0.2) is 36.4 Å². The maximum Gasteiger partial charge on any atom is 0.138 e. The van der Waals surface area contributed by atoms with E-state index in [1.54, 1.807) is 18.2 Å². The number of fused-ring (bicyclic) bond motifs is 1. The lowest BCUT2D eigenvalue weighted by molar-refractivity contribution is -0.119. The highest BCUT2D eigenvalue weighted by Gasteiger charge is 2.28. The Morgan fingerprint density at radius 2 is 1.90 bits per heavy atom. The van der Waals surface area contributed by atoms with E-state index in [0.29, 0.717) is 22.9 Å². The van der Waals surface area contributed by atoms with Gasteiger partial charge in [0.25, 0.3) is 0 Å². The molecule has 20 heavy (non-hydrogen) atoms. The molecular weight excluding hydrogens is 295 g/mol. The minimum Gasteiger partial charge on any atom is -0.508 e. The Morgan fingerprint density at radius 1 is 1.10 bits per heavy atom. The van der Waals surface area contributed by atoms with Gasteiger partial charge in [-0.3, -0.25) is 4.79 Å². The molecule has 1 atom stereocenters. The molecule has 2 aromatic rings. The van der Waals surface area contributed by atoms with Gasteiger partial charge in [0.1, 0.15) is 11.5 Å². The SMILES string of the molecule is O=C1Cc2cc(O)ccc2C(c2cccc(Cl)c2Cl)C1. The first-order chi connectivity index (χ1) is 9.56. The number of rotatable bonds is 1. The molecule has 0 fully saturated rings. The fourth-order valence-electron chi connectivity index (χ4n) is 2.77. The maximum absolute atomic E-state index is 12.0. The van der Waals surface area contributed by atoms with Gasteiger partial charge in [0.15, 0.2) is 0 Å². The number of carbonyl (C=O) groups excluding carboxylic acids is 1. The van der Waals surface area contributed by atoms with Crippen LogP contribution in [0.5, 0.6) is 5.75 Å². The smallest absolute Gasteiger partial charge is 0.138 e. The summed E-state index contributed by atoms with van der Waals surface area (Å²) >= 11 is 12.3. The van der Waals surface area contributed by atoms with Crippen LogP contribution in [0, 0.1) is 0 Å². The van der Waals surface area contributed by atoms with Crippen LogP contribution in [-0.2, 0) is 11.2 Å². The topological polar surface area (TPSA) is 37.3 Å². The first-order valence-corrected chi connectivity index (χ1v) is 7.09. The normalized spacial score (nSPS) is 17.9. The fraction of sp³-hybridized carbons (Fsp3) is 0.188. The molecular formula is C16H12Cl2O2. The monoisotopic (exact) mass is 306 g/mol. The van der Waals surface area contributed by atoms with Crippen LogP contribution in [0.2, 0.25) is 10.0 Å². The van der Waals surface area contributed by atoms with E-state index in [0.717, 1.165) is 16.7 Å². The molecule has 0 saturated carbocycles. The largest absolute Gasteiger partial charge is 0.508 e. The molecule has 1 aliphatic rings. The Bertz CT molecular complexity index is 695. The first-order valence-electron chi connectivity index (χ1n) is 6.33. The van der Waals surface area contributed by atoms with Crippen LogP contribution in [0.4, 0.5) is 0 Å². The van der Waals surface area contributed by atoms with E-state index in [9.17, 15) is 9.90 Å². The molecule has 0 bridgehead atoms. The Balaban J connectivity index is 2.16. The summed E-state index contributed by atoms with van der Waals surface area (Å²) in [6.07, 6.45) is 0.774. The number of benzene rings is 2. The van der Waals surface area contributed by atoms with E-state index in [1.165, 1.54) is 0 Å². The van der Waals surface area contributed by atoms with Gasteiger partial charge < -0.3 is 5.11 Å². The van der Waals surface area contributed by atoms with Gasteiger partial charge in [0.05, 0.1) is 10.0 Å². The Labute approximate surface area is 127 Å². The molecule has 2 aromatic carbocycles. The predicted octanol–water partition coefficient (Wildman–Crippen LogP) is 4.35. The summed E-state index contributed by atoms with van der Waals surface area (Å²) in [5, 5.41) is 10.6. The van der Waals surface area contributed by atoms with Gasteiger partial charge in [0, 0.05) is 18.8 Å². The lowest BCUT2D eigenvalue weighted by Gasteiger charge is -2.26. The van der Waals surface area contributed by atoms with Crippen molar-refractivity contribution in [2.45, 2.75) is 18.8 Å². The summed E-state index contributed by atoms with van der Waals surface area (Å²) in [5.74, 6) is 0.219. The van der Waals surface area contributed by atoms with Crippen molar-refractivity contribution in [2.75, 3.05) is 0 Å². The number of aromatic hydroxyl groups is 1. The number of phenols is 1. The second kappa shape index (κ2) is 5.12. The average Bonchev–Trinajstić information content (AvgIpc) is 2.40. The zero-order valence-electron chi connectivity index (χ0n) is 10.6. The number of hydrogen-bond donors (Lipinski definition) is 1. The molecule has 4 heteroatoms. The number of halogens is 2. The van der Waals surface area contributed by atoms with E-state index in [2.05, 4.69) is 0 Å². The maximum atomic E-state index is 12.0. The molecule has 0 aliphatic heterocycles. The third-order valence-electron chi connectivity index (χ3n) is 3.68. The van der Waals surface area contributed by atoms with Gasteiger partial charge in [-0.25, -0.2) is 0 Å². The van der Waals surface area contributed by atoms with E-state index in [4.69, 9.17) is 23.2 Å². The van der Waals surface area contributed by atoms with E-state index < -0.39 is 0 Å². The molecule has 1 aliphatic carbocycles. The number of phenolic OH excluding ortho intramolecular Hbond substituents is 1. The standard InChI is InChI=1S/C16H12Cl2O2/c17-15-3-1-2-13(16(15)18)14-8-11(20)7-9-6-10(19)4-5-12(9)14/h1-6,14,19H,7-8H2. The second-order valence-corrected chi connectivity index (χ2v) is 5.78. The van der Waals surface area contributed by atoms with E-state index in [1.807, 2.05) is 18.2 Å². The highest BCUT2D eigenvalue weighted by Crippen LogP contribution is 2.41. The first kappa shape index (κ1) is 13.5. The van der Waals surface area contributed by atoms with Crippen molar-refractivity contribution in [3.8, 4) is 5.75 Å². The molecule has 0 saturated heterocycles. The lowest BCUT2D eigenvalue weighted by atomic mass is 9.78. The molecule has 0 amide bonds. The van der Waals surface area contributed by atoms with Crippen LogP contribution in [-0.4, -0.2) is 10.9 Å². The van der Waals surface area contributed by atoms with E-state index in [-0.39, 0.29) is 17.5 Å². The highest BCUT2D eigenvalue weighted by atomic mass is 35.5. The van der Waals surface area contributed by atoms with Gasteiger partial charge >= 0.3 is 0 Å². The minimum atomic E-state index is -0.0990. The second-order valence-electron chi connectivity index (χ2n) is 5.00. The molecule has 1 N–H and O–H groups in total. The molecule has 0 spiro atoms. The fourth-order valence-corrected chi connectivity index (χ4v) is 3.21. The van der Waals surface area contributed by atoms with Gasteiger partial charge in [-0.2, -0.15) is 0 Å². The van der Waals surface area contributed by atoms with Crippen LogP contribution in [0.3, 0.4) is 0 Å². The van der Waals surface area contributed by atoms with Crippen molar-refractivity contribution in [3.63, 3.8) is 0 Å². The Morgan fingerprint density at radius 3 is 2.70 bits per heavy atom. The molecule has 0 heterocycles. The van der Waals surface area contributed by atoms with Crippen LogP contribution in [0.25, 0.3) is 0 Å². The third-order valence-corrected chi connectivity index (χ3v) is 4.51. The molecule has 0 aromatic heterocycles. The van der Waals surface area contributed by atoms with Gasteiger partial charge in [0.2, 0.25) is 0 Å². The number of ketones is 1. The third kappa shape index (κ3) is 2.30. The van der Waals surface area contributed by atoms with Crippen molar-refractivity contribution in [1.29, 1.82) is 0 Å². The molecule has 0 radical (unpaired) electrons. The van der Waals surface area contributed by atoms with Crippen molar-refractivity contribution >= 4 is 29.0 Å². The molecule has 3 rings (SSSR count). The Kier molecular flexibility index (Phi) is 3.45. The number of hydrogen-bond acceptors (Lipinski definition) is 2. The van der Waals surface area contributed by atoms with Gasteiger partial charge in [-0.15, -0.1) is 0 Å². The van der Waals surface area contributed by atoms with Crippen molar-refractivity contribution in [3.05, 3.63) is 63.1 Å². The van der Waals surface area contributed by atoms with Gasteiger partial charge in [-0.05, 0) is 34.9 Å². The van der Waals surface area contributed by atoms with Crippen molar-refractivity contribution in [1.82, 2.24) is 0 Å². The van der Waals surface area contributed by atoms with Crippen molar-refractivity contribution in [2.24, 2.45) is 0 Å². The van der Waals surface area contributed by atoms with Crippen molar-refractivity contribution < 1.29 is 9.90 Å². The summed E-state index contributed by atoms with van der Waals surface area (Å²) in [4.78, 5) is 12.0. The average molecular weight is 307 g/mol. The summed E-state index contributed by atoms with van der Waals surface area (Å²) < 4.78 is 0. The summed E-state index contributed by atoms with van der Waals surface area (Å²) in [6, 6.07) is 10.6. The van der Waals surface area contributed by atoms with Crippen LogP contribution in [0.1, 0.15) is 29.0 Å². The van der Waals surface area contributed by atoms with E-state index >= 15 is 0 Å². The zero-order valence-corrected chi connectivity index (χ0v) is 12.1. The quantitative estimate of drug-likeness (QED) is 0.850. The number of Topliss-reactive ketones (excluding diaryl/α,β-unsaturated/α-hetero) is 1. The molecule has 2 nitrogen and oxygen atoms in total. The summed E-state index contributed by atoms with van der Waals surface area (Å²) in [5.41, 5.74) is 2.76. The zero-order chi connectivity index (χ0) is 14.3. The van der Waals surface area contributed by atoms with Crippen LogP contribution >= 0.6 is 23.2 Å². The number of carbonyl (C=O) groups is 1. The highest BCUT2D eigenvalue weighted by molar-refractivity contribution is 6.42. The molecule has 102 valence electrons. The van der Waals surface area contributed by atoms with Gasteiger partial charge in [-0.1, -0.05) is 41.4 Å². The summed E-state index contributed by atoms with van der Waals surface area (Å²) in [6.45, 7) is 0. The lowest BCUT2D eigenvalue weighted by Crippen LogP contribution is -2.19.